The van der Waals surface area contributed by atoms with Crippen LogP contribution in [0.25, 0.3) is 0 Å². The summed E-state index contributed by atoms with van der Waals surface area (Å²) in [7, 11) is 0. The molecule has 0 radical (unpaired) electrons. The molecule has 2 amide bonds. The van der Waals surface area contributed by atoms with Gasteiger partial charge >= 0.3 is 0 Å². The van der Waals surface area contributed by atoms with Crippen molar-refractivity contribution in [2.75, 3.05) is 0 Å². The minimum atomic E-state index is -1.11. The lowest BCUT2D eigenvalue weighted by Gasteiger charge is -2.37. The zero-order valence-electron chi connectivity index (χ0n) is 35.5. The molecule has 0 saturated heterocycles. The molecule has 2 saturated carbocycles. The van der Waals surface area contributed by atoms with Gasteiger partial charge in [0.05, 0.1) is 24.2 Å². The molecule has 2 fully saturated rings. The Hall–Kier alpha value is -5.83. The SMILES string of the molecule is O=C(NC(Cc1cn(C(c2ccccc2)(c2ccccc2)c2ccccc2)cn1)C(=O)N[C@@H](CC1CCCCC1)[C@@H](O)[C@@H](O)C1CC1)C(Cc1ccccc1)Cc1ccccc1. The first-order chi connectivity index (χ1) is 30.4. The lowest BCUT2D eigenvalue weighted by atomic mass is 9.77. The zero-order valence-corrected chi connectivity index (χ0v) is 35.5. The summed E-state index contributed by atoms with van der Waals surface area (Å²) in [5.74, 6) is -0.718. The highest BCUT2D eigenvalue weighted by Gasteiger charge is 2.41. The number of aromatic nitrogens is 2. The number of hydrogen-bond donors (Lipinski definition) is 4. The molecule has 0 spiro atoms. The Morgan fingerprint density at radius 1 is 0.613 bits per heavy atom. The van der Waals surface area contributed by atoms with Crippen LogP contribution in [-0.2, 0) is 34.4 Å². The van der Waals surface area contributed by atoms with Gasteiger partial charge in [0.15, 0.2) is 0 Å². The van der Waals surface area contributed by atoms with Crippen LogP contribution >= 0.6 is 0 Å². The van der Waals surface area contributed by atoms with Gasteiger partial charge in [-0.1, -0.05) is 184 Å². The Morgan fingerprint density at radius 2 is 1.10 bits per heavy atom. The van der Waals surface area contributed by atoms with E-state index in [0.717, 1.165) is 66.3 Å². The Balaban J connectivity index is 1.15. The maximum atomic E-state index is 14.9. The quantitative estimate of drug-likeness (QED) is 0.0612. The molecule has 6 aromatic rings. The molecule has 4 atom stereocenters. The molecule has 1 unspecified atom stereocenters. The summed E-state index contributed by atoms with van der Waals surface area (Å²) >= 11 is 0. The third kappa shape index (κ3) is 10.3. The van der Waals surface area contributed by atoms with Crippen molar-refractivity contribution in [1.82, 2.24) is 20.2 Å². The highest BCUT2D eigenvalue weighted by Crippen LogP contribution is 2.41. The third-order valence-corrected chi connectivity index (χ3v) is 13.2. The molecule has 0 bridgehead atoms. The van der Waals surface area contributed by atoms with E-state index < -0.39 is 41.7 Å². The molecule has 8 nitrogen and oxygen atoms in total. The average Bonchev–Trinajstić information content (AvgIpc) is 4.08. The molecule has 320 valence electrons. The van der Waals surface area contributed by atoms with Crippen LogP contribution in [-0.4, -0.2) is 55.9 Å². The molecule has 62 heavy (non-hydrogen) atoms. The molecular formula is C54H60N4O4. The van der Waals surface area contributed by atoms with Crippen molar-refractivity contribution >= 4 is 11.8 Å². The summed E-state index contributed by atoms with van der Waals surface area (Å²) in [6.45, 7) is 0. The van der Waals surface area contributed by atoms with Crippen molar-refractivity contribution in [2.24, 2.45) is 17.8 Å². The normalized spacial score (nSPS) is 16.6. The topological polar surface area (TPSA) is 116 Å². The standard InChI is InChI=1S/C54H60N4O4/c59-50(42-31-32-42)51(60)48(35-41-23-11-3-12-24-41)56-53(62)49(57-52(61)43(33-39-19-7-1-8-20-39)34-40-21-9-2-10-22-40)36-47-37-58(38-55-47)54(44-25-13-4-14-26-44,45-27-15-5-16-28-45)46-29-17-6-18-30-46/h1-2,4-10,13-22,25-30,37-38,41-43,48-51,59-60H,3,11-12,23-24,31-36H2,(H,56,62)(H,57,61)/t48-,49?,50-,51+/m0/s1. The Bertz CT molecular complexity index is 2160. The van der Waals surface area contributed by atoms with E-state index in [1.54, 1.807) is 0 Å². The summed E-state index contributed by atoms with van der Waals surface area (Å²) in [5, 5.41) is 29.3. The van der Waals surface area contributed by atoms with Gasteiger partial charge in [0.2, 0.25) is 11.8 Å². The lowest BCUT2D eigenvalue weighted by Crippen LogP contribution is -2.56. The first-order valence-corrected chi connectivity index (χ1v) is 22.6. The summed E-state index contributed by atoms with van der Waals surface area (Å²) in [6, 6.07) is 49.4. The minimum Gasteiger partial charge on any atom is -0.390 e. The second kappa shape index (κ2) is 20.4. The lowest BCUT2D eigenvalue weighted by molar-refractivity contribution is -0.132. The van der Waals surface area contributed by atoms with Gasteiger partial charge in [-0.15, -0.1) is 0 Å². The number of nitrogens with zero attached hydrogens (tertiary/aromatic N) is 2. The predicted molar refractivity (Wildman–Crippen MR) is 244 cm³/mol. The maximum Gasteiger partial charge on any atom is 0.243 e. The smallest absolute Gasteiger partial charge is 0.243 e. The average molecular weight is 829 g/mol. The van der Waals surface area contributed by atoms with Crippen LogP contribution in [0.2, 0.25) is 0 Å². The highest BCUT2D eigenvalue weighted by atomic mass is 16.3. The van der Waals surface area contributed by atoms with E-state index in [1.165, 1.54) is 6.42 Å². The zero-order chi connectivity index (χ0) is 42.7. The maximum absolute atomic E-state index is 14.9. The van der Waals surface area contributed by atoms with Crippen molar-refractivity contribution in [3.05, 3.63) is 198 Å². The first-order valence-electron chi connectivity index (χ1n) is 22.6. The summed E-state index contributed by atoms with van der Waals surface area (Å²) in [4.78, 5) is 34.6. The Morgan fingerprint density at radius 3 is 1.58 bits per heavy atom. The third-order valence-electron chi connectivity index (χ3n) is 13.2. The van der Waals surface area contributed by atoms with Crippen molar-refractivity contribution in [2.45, 2.75) is 100 Å². The second-order valence-corrected chi connectivity index (χ2v) is 17.6. The van der Waals surface area contributed by atoms with Gasteiger partial charge in [0.25, 0.3) is 0 Å². The van der Waals surface area contributed by atoms with Gasteiger partial charge < -0.3 is 25.4 Å². The fraction of sp³-hybridized carbons (Fsp3) is 0.352. The predicted octanol–water partition coefficient (Wildman–Crippen LogP) is 8.44. The number of rotatable bonds is 19. The van der Waals surface area contributed by atoms with E-state index in [4.69, 9.17) is 4.98 Å². The van der Waals surface area contributed by atoms with Crippen LogP contribution in [0.5, 0.6) is 0 Å². The molecule has 2 aliphatic rings. The number of amides is 2. The summed E-state index contributed by atoms with van der Waals surface area (Å²) in [6.07, 6.45) is 10.7. The molecule has 1 aromatic heterocycles. The molecule has 2 aliphatic carbocycles. The summed E-state index contributed by atoms with van der Waals surface area (Å²) < 4.78 is 2.12. The molecule has 8 heteroatoms. The van der Waals surface area contributed by atoms with E-state index in [-0.39, 0.29) is 18.2 Å². The van der Waals surface area contributed by atoms with Gasteiger partial charge in [-0.2, -0.15) is 0 Å². The highest BCUT2D eigenvalue weighted by molar-refractivity contribution is 5.89. The second-order valence-electron chi connectivity index (χ2n) is 17.6. The number of carbonyl (C=O) groups is 2. The number of aliphatic hydroxyl groups is 2. The number of imidazole rings is 1. The van der Waals surface area contributed by atoms with Crippen molar-refractivity contribution < 1.29 is 19.8 Å². The largest absolute Gasteiger partial charge is 0.390 e. The minimum absolute atomic E-state index is 0.0334. The van der Waals surface area contributed by atoms with Crippen LogP contribution in [0.4, 0.5) is 0 Å². The van der Waals surface area contributed by atoms with Gasteiger partial charge in [-0.3, -0.25) is 9.59 Å². The van der Waals surface area contributed by atoms with E-state index >= 15 is 0 Å². The van der Waals surface area contributed by atoms with E-state index in [9.17, 15) is 19.8 Å². The molecule has 8 rings (SSSR count). The van der Waals surface area contributed by atoms with Crippen molar-refractivity contribution in [3.63, 3.8) is 0 Å². The van der Waals surface area contributed by atoms with Crippen molar-refractivity contribution in [1.29, 1.82) is 0 Å². The molecule has 0 aliphatic heterocycles. The van der Waals surface area contributed by atoms with E-state index in [1.807, 2.05) is 128 Å². The first kappa shape index (κ1) is 42.8. The van der Waals surface area contributed by atoms with Crippen molar-refractivity contribution in [3.8, 4) is 0 Å². The van der Waals surface area contributed by atoms with Gasteiger partial charge in [-0.25, -0.2) is 4.98 Å². The number of hydrogen-bond acceptors (Lipinski definition) is 5. The molecule has 5 aromatic carbocycles. The van der Waals surface area contributed by atoms with Crippen LogP contribution in [0.3, 0.4) is 0 Å². The van der Waals surface area contributed by atoms with E-state index in [2.05, 4.69) is 51.6 Å². The van der Waals surface area contributed by atoms with E-state index in [0.29, 0.717) is 30.9 Å². The number of benzene rings is 5. The Labute approximate surface area is 366 Å². The van der Waals surface area contributed by atoms with Gasteiger partial charge in [0.1, 0.15) is 17.7 Å². The van der Waals surface area contributed by atoms with Crippen LogP contribution in [0.1, 0.15) is 84.9 Å². The fourth-order valence-corrected chi connectivity index (χ4v) is 9.70. The fourth-order valence-electron chi connectivity index (χ4n) is 9.70. The van der Waals surface area contributed by atoms with Gasteiger partial charge in [-0.05, 0) is 71.8 Å². The van der Waals surface area contributed by atoms with Crippen LogP contribution in [0.15, 0.2) is 164 Å². The molecular weight excluding hydrogens is 769 g/mol. The molecule has 1 heterocycles. The van der Waals surface area contributed by atoms with Crippen LogP contribution < -0.4 is 10.6 Å². The Kier molecular flexibility index (Phi) is 14.1. The summed E-state index contributed by atoms with van der Waals surface area (Å²) in [5.41, 5.74) is 5.02. The van der Waals surface area contributed by atoms with Crippen LogP contribution in [0, 0.1) is 17.8 Å². The molecule has 4 N–H and O–H groups in total. The number of nitrogens with one attached hydrogen (secondary N) is 2. The number of aliphatic hydroxyl groups excluding tert-OH is 2. The number of carbonyl (C=O) groups excluding carboxylic acids is 2. The van der Waals surface area contributed by atoms with Gasteiger partial charge in [0, 0.05) is 18.5 Å². The monoisotopic (exact) mass is 828 g/mol.